The molecular formula is C18H22N2O4S. The summed E-state index contributed by atoms with van der Waals surface area (Å²) in [4.78, 5) is 13.3. The van der Waals surface area contributed by atoms with Crippen LogP contribution in [0.1, 0.15) is 5.56 Å². The van der Waals surface area contributed by atoms with Crippen molar-refractivity contribution in [2.75, 3.05) is 32.9 Å². The molecule has 2 aromatic rings. The predicted molar refractivity (Wildman–Crippen MR) is 100 cm³/mol. The molecule has 0 atom stereocenters. The summed E-state index contributed by atoms with van der Waals surface area (Å²) in [5.74, 6) is 1.43. The minimum absolute atomic E-state index is 0.316. The molecule has 0 heterocycles. The first-order valence-corrected chi connectivity index (χ1v) is 8.81. The van der Waals surface area contributed by atoms with Crippen LogP contribution in [0.3, 0.4) is 0 Å². The van der Waals surface area contributed by atoms with E-state index < -0.39 is 0 Å². The number of hydrogen-bond donors (Lipinski definition) is 2. The molecule has 0 bridgehead atoms. The van der Waals surface area contributed by atoms with Crippen molar-refractivity contribution in [3.8, 4) is 17.2 Å². The second kappa shape index (κ2) is 9.08. The molecule has 0 aliphatic heterocycles. The van der Waals surface area contributed by atoms with E-state index in [0.717, 1.165) is 5.56 Å². The van der Waals surface area contributed by atoms with E-state index in [2.05, 4.69) is 10.6 Å². The van der Waals surface area contributed by atoms with E-state index in [0.29, 0.717) is 29.5 Å². The Morgan fingerprint density at radius 2 is 1.60 bits per heavy atom. The van der Waals surface area contributed by atoms with Crippen LogP contribution >= 0.6 is 11.8 Å². The lowest BCUT2D eigenvalue weighted by molar-refractivity contribution is 0.251. The van der Waals surface area contributed by atoms with Crippen LogP contribution in [0, 0.1) is 0 Å². The van der Waals surface area contributed by atoms with E-state index in [1.807, 2.05) is 30.5 Å². The molecule has 7 heteroatoms. The van der Waals surface area contributed by atoms with E-state index in [1.54, 1.807) is 23.9 Å². The molecule has 0 fully saturated rings. The average molecular weight is 362 g/mol. The van der Waals surface area contributed by atoms with E-state index in [1.165, 1.54) is 26.2 Å². The molecule has 0 unspecified atom stereocenters. The summed E-state index contributed by atoms with van der Waals surface area (Å²) < 4.78 is 15.8. The van der Waals surface area contributed by atoms with Gasteiger partial charge in [-0.15, -0.1) is 11.8 Å². The van der Waals surface area contributed by atoms with Gasteiger partial charge in [0.1, 0.15) is 0 Å². The number of carbonyl (C=O) groups is 1. The van der Waals surface area contributed by atoms with Crippen molar-refractivity contribution >= 4 is 23.5 Å². The van der Waals surface area contributed by atoms with E-state index in [9.17, 15) is 4.79 Å². The number of methoxy groups -OCH3 is 3. The number of nitrogens with one attached hydrogen (secondary N) is 2. The van der Waals surface area contributed by atoms with Gasteiger partial charge in [0.2, 0.25) is 5.75 Å². The minimum atomic E-state index is -0.316. The van der Waals surface area contributed by atoms with Crippen molar-refractivity contribution in [2.24, 2.45) is 0 Å². The normalized spacial score (nSPS) is 10.1. The molecule has 0 spiro atoms. The largest absolute Gasteiger partial charge is 0.493 e. The summed E-state index contributed by atoms with van der Waals surface area (Å²) in [6.07, 6.45) is 2.03. The fourth-order valence-corrected chi connectivity index (χ4v) is 2.66. The number of anilines is 1. The molecule has 0 aromatic heterocycles. The average Bonchev–Trinajstić information content (AvgIpc) is 2.65. The van der Waals surface area contributed by atoms with Crippen molar-refractivity contribution in [1.29, 1.82) is 0 Å². The summed E-state index contributed by atoms with van der Waals surface area (Å²) in [7, 11) is 4.58. The molecule has 0 aliphatic rings. The highest BCUT2D eigenvalue weighted by molar-refractivity contribution is 7.98. The Morgan fingerprint density at radius 1 is 1.00 bits per heavy atom. The maximum Gasteiger partial charge on any atom is 0.319 e. The zero-order valence-electron chi connectivity index (χ0n) is 14.7. The lowest BCUT2D eigenvalue weighted by Gasteiger charge is -2.15. The molecule has 134 valence electrons. The molecule has 2 amide bonds. The van der Waals surface area contributed by atoms with Crippen molar-refractivity contribution < 1.29 is 19.0 Å². The predicted octanol–water partition coefficient (Wildman–Crippen LogP) is 3.76. The highest BCUT2D eigenvalue weighted by Gasteiger charge is 2.14. The van der Waals surface area contributed by atoms with Crippen molar-refractivity contribution in [3.63, 3.8) is 0 Å². The Bertz CT molecular complexity index is 695. The van der Waals surface area contributed by atoms with Crippen LogP contribution in [0.5, 0.6) is 17.2 Å². The van der Waals surface area contributed by atoms with Gasteiger partial charge in [0.05, 0.1) is 27.0 Å². The fourth-order valence-electron chi connectivity index (χ4n) is 2.25. The molecule has 0 radical (unpaired) electrons. The SMILES string of the molecule is COc1cc(NC(=O)NCc2ccc(SC)cc2)cc(OC)c1OC. The molecule has 25 heavy (non-hydrogen) atoms. The summed E-state index contributed by atoms with van der Waals surface area (Å²) >= 11 is 1.68. The zero-order valence-corrected chi connectivity index (χ0v) is 15.5. The summed E-state index contributed by atoms with van der Waals surface area (Å²) in [5, 5.41) is 5.58. The number of carbonyl (C=O) groups excluding carboxylic acids is 1. The molecular weight excluding hydrogens is 340 g/mol. The molecule has 2 aromatic carbocycles. The van der Waals surface area contributed by atoms with E-state index in [4.69, 9.17) is 14.2 Å². The van der Waals surface area contributed by atoms with Gasteiger partial charge in [0.15, 0.2) is 11.5 Å². The quantitative estimate of drug-likeness (QED) is 0.734. The Kier molecular flexibility index (Phi) is 6.82. The van der Waals surface area contributed by atoms with Gasteiger partial charge in [-0.2, -0.15) is 0 Å². The molecule has 0 aliphatic carbocycles. The number of thioether (sulfide) groups is 1. The maximum absolute atomic E-state index is 12.1. The van der Waals surface area contributed by atoms with Crippen molar-refractivity contribution in [2.45, 2.75) is 11.4 Å². The number of amides is 2. The third-order valence-corrected chi connectivity index (χ3v) is 4.28. The van der Waals surface area contributed by atoms with E-state index in [-0.39, 0.29) is 6.03 Å². The molecule has 2 N–H and O–H groups in total. The first-order valence-electron chi connectivity index (χ1n) is 7.59. The molecule has 2 rings (SSSR count). The second-order valence-corrected chi connectivity index (χ2v) is 5.95. The first-order chi connectivity index (χ1) is 12.1. The van der Waals surface area contributed by atoms with Gasteiger partial charge in [0.25, 0.3) is 0 Å². The Morgan fingerprint density at radius 3 is 2.08 bits per heavy atom. The van der Waals surface area contributed by atoms with Gasteiger partial charge < -0.3 is 24.8 Å². The fraction of sp³-hybridized carbons (Fsp3) is 0.278. The first kappa shape index (κ1) is 18.8. The molecule has 0 saturated carbocycles. The number of benzene rings is 2. The number of hydrogen-bond acceptors (Lipinski definition) is 5. The highest BCUT2D eigenvalue weighted by atomic mass is 32.2. The summed E-state index contributed by atoms with van der Waals surface area (Å²) in [6.45, 7) is 0.435. The van der Waals surface area contributed by atoms with Crippen LogP contribution in [-0.2, 0) is 6.54 Å². The smallest absolute Gasteiger partial charge is 0.319 e. The van der Waals surface area contributed by atoms with Gasteiger partial charge >= 0.3 is 6.03 Å². The van der Waals surface area contributed by atoms with Crippen LogP contribution in [0.15, 0.2) is 41.3 Å². The number of ether oxygens (including phenoxy) is 3. The Balaban J connectivity index is 2.01. The number of rotatable bonds is 7. The van der Waals surface area contributed by atoms with E-state index >= 15 is 0 Å². The van der Waals surface area contributed by atoms with Crippen LogP contribution in [-0.4, -0.2) is 33.6 Å². The van der Waals surface area contributed by atoms with Gasteiger partial charge in [-0.05, 0) is 24.0 Å². The summed E-state index contributed by atoms with van der Waals surface area (Å²) in [5.41, 5.74) is 1.57. The lowest BCUT2D eigenvalue weighted by Crippen LogP contribution is -2.28. The molecule has 0 saturated heterocycles. The van der Waals surface area contributed by atoms with Crippen molar-refractivity contribution in [1.82, 2.24) is 5.32 Å². The summed E-state index contributed by atoms with van der Waals surface area (Å²) in [6, 6.07) is 11.1. The Labute approximate surface area is 151 Å². The van der Waals surface area contributed by atoms with Crippen molar-refractivity contribution in [3.05, 3.63) is 42.0 Å². The maximum atomic E-state index is 12.1. The number of urea groups is 1. The lowest BCUT2D eigenvalue weighted by atomic mass is 10.2. The van der Waals surface area contributed by atoms with Gasteiger partial charge in [0, 0.05) is 23.6 Å². The topological polar surface area (TPSA) is 68.8 Å². The van der Waals surface area contributed by atoms with Crippen LogP contribution < -0.4 is 24.8 Å². The molecule has 6 nitrogen and oxygen atoms in total. The highest BCUT2D eigenvalue weighted by Crippen LogP contribution is 2.39. The van der Waals surface area contributed by atoms with Gasteiger partial charge in [-0.25, -0.2) is 4.79 Å². The van der Waals surface area contributed by atoms with Crippen LogP contribution in [0.2, 0.25) is 0 Å². The van der Waals surface area contributed by atoms with Crippen LogP contribution in [0.25, 0.3) is 0 Å². The third kappa shape index (κ3) is 4.96. The van der Waals surface area contributed by atoms with Crippen LogP contribution in [0.4, 0.5) is 10.5 Å². The second-order valence-electron chi connectivity index (χ2n) is 5.07. The third-order valence-electron chi connectivity index (χ3n) is 3.53. The standard InChI is InChI=1S/C18H22N2O4S/c1-22-15-9-13(10-16(23-2)17(15)24-3)20-18(21)19-11-12-5-7-14(25-4)8-6-12/h5-10H,11H2,1-4H3,(H2,19,20,21). The van der Waals surface area contributed by atoms with Gasteiger partial charge in [-0.1, -0.05) is 12.1 Å². The Hall–Kier alpha value is -2.54. The zero-order chi connectivity index (χ0) is 18.2. The minimum Gasteiger partial charge on any atom is -0.493 e. The monoisotopic (exact) mass is 362 g/mol. The van der Waals surface area contributed by atoms with Gasteiger partial charge in [-0.3, -0.25) is 0 Å².